The van der Waals surface area contributed by atoms with Crippen molar-refractivity contribution in [2.24, 2.45) is 11.7 Å². The standard InChI is InChI=1S/C17H32N4O2/c1-13(2)16(18)17(23)21-10-8-20(9-11-21)12-15(22)19-14-6-4-3-5-7-14/h13-14,16H,3-12,18H2,1-2H3,(H,19,22)/t16-/m0/s1. The molecule has 1 aliphatic carbocycles. The molecule has 0 aromatic carbocycles. The van der Waals surface area contributed by atoms with Gasteiger partial charge in [-0.2, -0.15) is 0 Å². The first kappa shape index (κ1) is 18.2. The van der Waals surface area contributed by atoms with Crippen LogP contribution < -0.4 is 11.1 Å². The Bertz CT molecular complexity index is 399. The lowest BCUT2D eigenvalue weighted by atomic mass is 9.95. The summed E-state index contributed by atoms with van der Waals surface area (Å²) >= 11 is 0. The minimum atomic E-state index is -0.420. The second-order valence-corrected chi connectivity index (χ2v) is 7.27. The molecule has 1 heterocycles. The second-order valence-electron chi connectivity index (χ2n) is 7.27. The topological polar surface area (TPSA) is 78.7 Å². The van der Waals surface area contributed by atoms with Gasteiger partial charge in [0.05, 0.1) is 12.6 Å². The van der Waals surface area contributed by atoms with Gasteiger partial charge in [-0.3, -0.25) is 14.5 Å². The lowest BCUT2D eigenvalue weighted by Crippen LogP contribution is -2.55. The van der Waals surface area contributed by atoms with Crippen LogP contribution >= 0.6 is 0 Å². The van der Waals surface area contributed by atoms with Crippen LogP contribution in [-0.2, 0) is 9.59 Å². The number of carbonyl (C=O) groups excluding carboxylic acids is 2. The van der Waals surface area contributed by atoms with Gasteiger partial charge in [-0.25, -0.2) is 0 Å². The van der Waals surface area contributed by atoms with Gasteiger partial charge < -0.3 is 16.0 Å². The van der Waals surface area contributed by atoms with E-state index < -0.39 is 6.04 Å². The van der Waals surface area contributed by atoms with Gasteiger partial charge in [0, 0.05) is 32.2 Å². The van der Waals surface area contributed by atoms with Crippen molar-refractivity contribution >= 4 is 11.8 Å². The number of carbonyl (C=O) groups is 2. The van der Waals surface area contributed by atoms with Crippen LogP contribution in [0.3, 0.4) is 0 Å². The molecule has 6 nitrogen and oxygen atoms in total. The maximum absolute atomic E-state index is 12.2. The Balaban J connectivity index is 1.69. The van der Waals surface area contributed by atoms with Gasteiger partial charge in [-0.05, 0) is 18.8 Å². The Morgan fingerprint density at radius 3 is 2.26 bits per heavy atom. The van der Waals surface area contributed by atoms with Gasteiger partial charge in [-0.1, -0.05) is 33.1 Å². The fourth-order valence-electron chi connectivity index (χ4n) is 3.35. The predicted molar refractivity (Wildman–Crippen MR) is 90.8 cm³/mol. The van der Waals surface area contributed by atoms with Crippen LogP contribution in [0.1, 0.15) is 46.0 Å². The molecule has 1 atom stereocenters. The number of amides is 2. The maximum atomic E-state index is 12.2. The fraction of sp³-hybridized carbons (Fsp3) is 0.882. The summed E-state index contributed by atoms with van der Waals surface area (Å²) in [5.74, 6) is 0.309. The summed E-state index contributed by atoms with van der Waals surface area (Å²) in [6.07, 6.45) is 5.97. The molecule has 2 aliphatic rings. The highest BCUT2D eigenvalue weighted by Crippen LogP contribution is 2.17. The fourth-order valence-corrected chi connectivity index (χ4v) is 3.35. The minimum absolute atomic E-state index is 0.0336. The largest absolute Gasteiger partial charge is 0.352 e. The van der Waals surface area contributed by atoms with Crippen molar-refractivity contribution in [1.82, 2.24) is 15.1 Å². The predicted octanol–water partition coefficient (Wildman–Crippen LogP) is 0.563. The number of rotatable bonds is 5. The van der Waals surface area contributed by atoms with E-state index in [1.54, 1.807) is 0 Å². The summed E-state index contributed by atoms with van der Waals surface area (Å²) < 4.78 is 0. The van der Waals surface area contributed by atoms with Crippen molar-refractivity contribution in [2.75, 3.05) is 32.7 Å². The molecule has 1 saturated carbocycles. The molecular weight excluding hydrogens is 292 g/mol. The molecule has 0 spiro atoms. The highest BCUT2D eigenvalue weighted by atomic mass is 16.2. The average molecular weight is 324 g/mol. The highest BCUT2D eigenvalue weighted by molar-refractivity contribution is 5.82. The molecule has 2 fully saturated rings. The van der Waals surface area contributed by atoms with E-state index in [-0.39, 0.29) is 17.7 Å². The lowest BCUT2D eigenvalue weighted by molar-refractivity contribution is -0.135. The Morgan fingerprint density at radius 2 is 1.70 bits per heavy atom. The molecule has 0 radical (unpaired) electrons. The molecule has 0 aromatic rings. The molecular formula is C17H32N4O2. The number of nitrogens with one attached hydrogen (secondary N) is 1. The molecule has 0 aromatic heterocycles. The van der Waals surface area contributed by atoms with E-state index >= 15 is 0 Å². The molecule has 2 amide bonds. The van der Waals surface area contributed by atoms with Crippen molar-refractivity contribution < 1.29 is 9.59 Å². The molecule has 6 heteroatoms. The smallest absolute Gasteiger partial charge is 0.239 e. The third kappa shape index (κ3) is 5.46. The molecule has 1 aliphatic heterocycles. The van der Waals surface area contributed by atoms with Crippen LogP contribution in [0.5, 0.6) is 0 Å². The Labute approximate surface area is 139 Å². The molecule has 3 N–H and O–H groups in total. The van der Waals surface area contributed by atoms with Gasteiger partial charge in [0.15, 0.2) is 0 Å². The number of hydrogen-bond donors (Lipinski definition) is 2. The van der Waals surface area contributed by atoms with Gasteiger partial charge in [0.2, 0.25) is 11.8 Å². The molecule has 132 valence electrons. The first-order valence-electron chi connectivity index (χ1n) is 9.03. The second kappa shape index (κ2) is 8.64. The minimum Gasteiger partial charge on any atom is -0.352 e. The van der Waals surface area contributed by atoms with Crippen LogP contribution in [0.4, 0.5) is 0 Å². The van der Waals surface area contributed by atoms with E-state index in [1.165, 1.54) is 19.3 Å². The van der Waals surface area contributed by atoms with E-state index in [0.29, 0.717) is 25.7 Å². The number of piperazine rings is 1. The monoisotopic (exact) mass is 324 g/mol. The van der Waals surface area contributed by atoms with Crippen molar-refractivity contribution in [2.45, 2.75) is 58.0 Å². The quantitative estimate of drug-likeness (QED) is 0.775. The maximum Gasteiger partial charge on any atom is 0.239 e. The van der Waals surface area contributed by atoms with Gasteiger partial charge >= 0.3 is 0 Å². The third-order valence-corrected chi connectivity index (χ3v) is 5.02. The van der Waals surface area contributed by atoms with Crippen LogP contribution in [-0.4, -0.2) is 66.4 Å². The highest BCUT2D eigenvalue weighted by Gasteiger charge is 2.27. The van der Waals surface area contributed by atoms with E-state index in [4.69, 9.17) is 5.73 Å². The van der Waals surface area contributed by atoms with Gasteiger partial charge in [0.25, 0.3) is 0 Å². The van der Waals surface area contributed by atoms with E-state index in [0.717, 1.165) is 25.9 Å². The molecule has 0 unspecified atom stereocenters. The summed E-state index contributed by atoms with van der Waals surface area (Å²) in [5.41, 5.74) is 5.94. The zero-order valence-electron chi connectivity index (χ0n) is 14.6. The SMILES string of the molecule is CC(C)[C@H](N)C(=O)N1CCN(CC(=O)NC2CCCCC2)CC1. The Morgan fingerprint density at radius 1 is 1.09 bits per heavy atom. The molecule has 0 bridgehead atoms. The Hall–Kier alpha value is -1.14. The van der Waals surface area contributed by atoms with Crippen LogP contribution in [0.2, 0.25) is 0 Å². The summed E-state index contributed by atoms with van der Waals surface area (Å²) in [7, 11) is 0. The van der Waals surface area contributed by atoms with Gasteiger partial charge in [-0.15, -0.1) is 0 Å². The van der Waals surface area contributed by atoms with Gasteiger partial charge in [0.1, 0.15) is 0 Å². The zero-order chi connectivity index (χ0) is 16.8. The van der Waals surface area contributed by atoms with E-state index in [9.17, 15) is 9.59 Å². The van der Waals surface area contributed by atoms with E-state index in [2.05, 4.69) is 10.2 Å². The zero-order valence-corrected chi connectivity index (χ0v) is 14.6. The van der Waals surface area contributed by atoms with Crippen molar-refractivity contribution in [1.29, 1.82) is 0 Å². The van der Waals surface area contributed by atoms with Crippen molar-refractivity contribution in [3.63, 3.8) is 0 Å². The molecule has 1 saturated heterocycles. The number of hydrogen-bond acceptors (Lipinski definition) is 4. The number of nitrogens with zero attached hydrogens (tertiary/aromatic N) is 2. The summed E-state index contributed by atoms with van der Waals surface area (Å²) in [6, 6.07) is -0.0562. The third-order valence-electron chi connectivity index (χ3n) is 5.02. The summed E-state index contributed by atoms with van der Waals surface area (Å²) in [6.45, 7) is 7.19. The number of nitrogens with two attached hydrogens (primary N) is 1. The average Bonchev–Trinajstić information content (AvgIpc) is 2.55. The van der Waals surface area contributed by atoms with E-state index in [1.807, 2.05) is 18.7 Å². The molecule has 23 heavy (non-hydrogen) atoms. The van der Waals surface area contributed by atoms with Crippen molar-refractivity contribution in [3.8, 4) is 0 Å². The van der Waals surface area contributed by atoms with Crippen LogP contribution in [0.15, 0.2) is 0 Å². The lowest BCUT2D eigenvalue weighted by Gasteiger charge is -2.36. The first-order chi connectivity index (χ1) is 11.0. The Kier molecular flexibility index (Phi) is 6.84. The first-order valence-corrected chi connectivity index (χ1v) is 9.03. The normalized spacial score (nSPS) is 22.2. The molecule has 2 rings (SSSR count). The van der Waals surface area contributed by atoms with Crippen LogP contribution in [0, 0.1) is 5.92 Å². The summed E-state index contributed by atoms with van der Waals surface area (Å²) in [4.78, 5) is 28.3. The summed E-state index contributed by atoms with van der Waals surface area (Å²) in [5, 5.41) is 3.15. The van der Waals surface area contributed by atoms with Crippen LogP contribution in [0.25, 0.3) is 0 Å². The van der Waals surface area contributed by atoms with Crippen molar-refractivity contribution in [3.05, 3.63) is 0 Å².